The standard InChI is InChI=1S/C15H15ClFN/c1-2-18-10-12-6-7-14(17)9-15(12)11-4-3-5-13(16)8-11/h3-9,18H,2,10H2,1H3. The number of benzene rings is 2. The molecule has 0 aromatic heterocycles. The summed E-state index contributed by atoms with van der Waals surface area (Å²) in [5, 5.41) is 3.91. The second kappa shape index (κ2) is 5.98. The number of hydrogen-bond acceptors (Lipinski definition) is 1. The van der Waals surface area contributed by atoms with E-state index in [4.69, 9.17) is 11.6 Å². The molecule has 0 saturated carbocycles. The van der Waals surface area contributed by atoms with Crippen molar-refractivity contribution in [3.8, 4) is 11.1 Å². The highest BCUT2D eigenvalue weighted by atomic mass is 35.5. The van der Waals surface area contributed by atoms with E-state index in [-0.39, 0.29) is 5.82 Å². The van der Waals surface area contributed by atoms with Gasteiger partial charge in [-0.1, -0.05) is 36.7 Å². The lowest BCUT2D eigenvalue weighted by atomic mass is 9.99. The van der Waals surface area contributed by atoms with Crippen LogP contribution in [0.1, 0.15) is 12.5 Å². The van der Waals surface area contributed by atoms with Crippen molar-refractivity contribution in [2.24, 2.45) is 0 Å². The van der Waals surface area contributed by atoms with Crippen LogP contribution in [-0.2, 0) is 6.54 Å². The summed E-state index contributed by atoms with van der Waals surface area (Å²) in [4.78, 5) is 0. The van der Waals surface area contributed by atoms with Crippen LogP contribution in [0.15, 0.2) is 42.5 Å². The van der Waals surface area contributed by atoms with Gasteiger partial charge in [0.15, 0.2) is 0 Å². The predicted octanol–water partition coefficient (Wildman–Crippen LogP) is 4.26. The molecule has 1 N–H and O–H groups in total. The van der Waals surface area contributed by atoms with Gasteiger partial charge in [0.2, 0.25) is 0 Å². The summed E-state index contributed by atoms with van der Waals surface area (Å²) in [6, 6.07) is 12.3. The Morgan fingerprint density at radius 1 is 1.17 bits per heavy atom. The van der Waals surface area contributed by atoms with Crippen molar-refractivity contribution in [1.29, 1.82) is 0 Å². The van der Waals surface area contributed by atoms with E-state index in [0.717, 1.165) is 29.8 Å². The first-order chi connectivity index (χ1) is 8.70. The van der Waals surface area contributed by atoms with Gasteiger partial charge in [0, 0.05) is 11.6 Å². The summed E-state index contributed by atoms with van der Waals surface area (Å²) in [6.45, 7) is 3.65. The lowest BCUT2D eigenvalue weighted by molar-refractivity contribution is 0.626. The minimum absolute atomic E-state index is 0.231. The van der Waals surface area contributed by atoms with Crippen molar-refractivity contribution in [1.82, 2.24) is 5.32 Å². The summed E-state index contributed by atoms with van der Waals surface area (Å²) < 4.78 is 13.4. The van der Waals surface area contributed by atoms with Gasteiger partial charge in [0.1, 0.15) is 5.82 Å². The first kappa shape index (κ1) is 13.1. The molecule has 0 saturated heterocycles. The van der Waals surface area contributed by atoms with E-state index in [1.54, 1.807) is 6.07 Å². The average molecular weight is 264 g/mol. The number of halogens is 2. The third kappa shape index (κ3) is 3.09. The molecule has 2 aromatic rings. The van der Waals surface area contributed by atoms with Crippen molar-refractivity contribution in [3.05, 3.63) is 58.9 Å². The number of nitrogens with one attached hydrogen (secondary N) is 1. The highest BCUT2D eigenvalue weighted by molar-refractivity contribution is 6.30. The van der Waals surface area contributed by atoms with E-state index in [0.29, 0.717) is 5.02 Å². The Balaban J connectivity index is 2.44. The Bertz CT molecular complexity index is 540. The molecule has 3 heteroatoms. The van der Waals surface area contributed by atoms with Crippen molar-refractivity contribution in [3.63, 3.8) is 0 Å². The molecule has 0 aliphatic heterocycles. The highest BCUT2D eigenvalue weighted by Gasteiger charge is 2.07. The first-order valence-corrected chi connectivity index (χ1v) is 6.33. The van der Waals surface area contributed by atoms with Gasteiger partial charge in [-0.15, -0.1) is 0 Å². The largest absolute Gasteiger partial charge is 0.313 e. The minimum atomic E-state index is -0.231. The van der Waals surface area contributed by atoms with E-state index in [9.17, 15) is 4.39 Å². The fraction of sp³-hybridized carbons (Fsp3) is 0.200. The normalized spacial score (nSPS) is 10.6. The molecule has 0 aliphatic rings. The third-order valence-corrected chi connectivity index (χ3v) is 3.01. The van der Waals surface area contributed by atoms with E-state index >= 15 is 0 Å². The van der Waals surface area contributed by atoms with Crippen LogP contribution >= 0.6 is 11.6 Å². The summed E-state index contributed by atoms with van der Waals surface area (Å²) >= 11 is 5.98. The van der Waals surface area contributed by atoms with Crippen LogP contribution in [0.4, 0.5) is 4.39 Å². The van der Waals surface area contributed by atoms with E-state index < -0.39 is 0 Å². The zero-order chi connectivity index (χ0) is 13.0. The van der Waals surface area contributed by atoms with Crippen LogP contribution in [0.2, 0.25) is 5.02 Å². The molecule has 0 radical (unpaired) electrons. The van der Waals surface area contributed by atoms with Crippen molar-refractivity contribution in [2.45, 2.75) is 13.5 Å². The molecule has 0 heterocycles. The minimum Gasteiger partial charge on any atom is -0.313 e. The Morgan fingerprint density at radius 3 is 2.72 bits per heavy atom. The lowest BCUT2D eigenvalue weighted by Crippen LogP contribution is -2.12. The molecule has 0 spiro atoms. The van der Waals surface area contributed by atoms with Gasteiger partial charge in [0.25, 0.3) is 0 Å². The molecular weight excluding hydrogens is 249 g/mol. The number of hydrogen-bond donors (Lipinski definition) is 1. The molecule has 0 amide bonds. The fourth-order valence-electron chi connectivity index (χ4n) is 1.89. The number of rotatable bonds is 4. The molecule has 2 aromatic carbocycles. The lowest BCUT2D eigenvalue weighted by Gasteiger charge is -2.11. The third-order valence-electron chi connectivity index (χ3n) is 2.77. The van der Waals surface area contributed by atoms with Gasteiger partial charge in [-0.2, -0.15) is 0 Å². The van der Waals surface area contributed by atoms with Crippen LogP contribution in [0.25, 0.3) is 11.1 Å². The SMILES string of the molecule is CCNCc1ccc(F)cc1-c1cccc(Cl)c1. The van der Waals surface area contributed by atoms with Crippen LogP contribution in [0.3, 0.4) is 0 Å². The molecule has 1 nitrogen and oxygen atoms in total. The maximum atomic E-state index is 13.4. The molecule has 0 bridgehead atoms. The van der Waals surface area contributed by atoms with Crippen molar-refractivity contribution >= 4 is 11.6 Å². The molecule has 0 aliphatic carbocycles. The second-order valence-electron chi connectivity index (χ2n) is 4.09. The topological polar surface area (TPSA) is 12.0 Å². The Labute approximate surface area is 112 Å². The summed E-state index contributed by atoms with van der Waals surface area (Å²) in [7, 11) is 0. The van der Waals surface area contributed by atoms with Crippen LogP contribution < -0.4 is 5.32 Å². The summed E-state index contributed by atoms with van der Waals surface area (Å²) in [6.07, 6.45) is 0. The van der Waals surface area contributed by atoms with Gasteiger partial charge in [0.05, 0.1) is 0 Å². The Morgan fingerprint density at radius 2 is 2.00 bits per heavy atom. The van der Waals surface area contributed by atoms with Gasteiger partial charge in [-0.3, -0.25) is 0 Å². The first-order valence-electron chi connectivity index (χ1n) is 5.96. The predicted molar refractivity (Wildman–Crippen MR) is 74.2 cm³/mol. The van der Waals surface area contributed by atoms with E-state index in [2.05, 4.69) is 5.32 Å². The second-order valence-corrected chi connectivity index (χ2v) is 4.53. The Hall–Kier alpha value is -1.38. The molecular formula is C15H15ClFN. The molecule has 0 fully saturated rings. The van der Waals surface area contributed by atoms with Gasteiger partial charge in [-0.05, 0) is 47.5 Å². The van der Waals surface area contributed by atoms with Crippen LogP contribution in [-0.4, -0.2) is 6.54 Å². The zero-order valence-electron chi connectivity index (χ0n) is 10.2. The highest BCUT2D eigenvalue weighted by Crippen LogP contribution is 2.27. The smallest absolute Gasteiger partial charge is 0.123 e. The van der Waals surface area contributed by atoms with Gasteiger partial charge < -0.3 is 5.32 Å². The molecule has 0 unspecified atom stereocenters. The molecule has 2 rings (SSSR count). The maximum absolute atomic E-state index is 13.4. The average Bonchev–Trinajstić information content (AvgIpc) is 2.37. The zero-order valence-corrected chi connectivity index (χ0v) is 11.0. The fourth-order valence-corrected chi connectivity index (χ4v) is 2.08. The molecule has 94 valence electrons. The quantitative estimate of drug-likeness (QED) is 0.869. The summed E-state index contributed by atoms with van der Waals surface area (Å²) in [5.74, 6) is -0.231. The van der Waals surface area contributed by atoms with Crippen LogP contribution in [0.5, 0.6) is 0 Å². The van der Waals surface area contributed by atoms with Crippen molar-refractivity contribution < 1.29 is 4.39 Å². The van der Waals surface area contributed by atoms with Crippen LogP contribution in [0, 0.1) is 5.82 Å². The summed E-state index contributed by atoms with van der Waals surface area (Å²) in [5.41, 5.74) is 2.90. The van der Waals surface area contributed by atoms with E-state index in [1.165, 1.54) is 6.07 Å². The molecule has 18 heavy (non-hydrogen) atoms. The monoisotopic (exact) mass is 263 g/mol. The molecule has 0 atom stereocenters. The maximum Gasteiger partial charge on any atom is 0.123 e. The van der Waals surface area contributed by atoms with Gasteiger partial charge >= 0.3 is 0 Å². The Kier molecular flexibility index (Phi) is 4.34. The van der Waals surface area contributed by atoms with E-state index in [1.807, 2.05) is 37.3 Å². The van der Waals surface area contributed by atoms with Gasteiger partial charge in [-0.25, -0.2) is 4.39 Å². The van der Waals surface area contributed by atoms with Crippen molar-refractivity contribution in [2.75, 3.05) is 6.54 Å².